The first-order valence-electron chi connectivity index (χ1n) is 6.64. The smallest absolute Gasteiger partial charge is 0.325 e. The molecular weight excluding hydrogens is 270 g/mol. The molecule has 0 bridgehead atoms. The molecule has 0 unspecified atom stereocenters. The Morgan fingerprint density at radius 2 is 2.00 bits per heavy atom. The van der Waals surface area contributed by atoms with E-state index in [1.807, 2.05) is 37.3 Å². The minimum atomic E-state index is -0.489. The summed E-state index contributed by atoms with van der Waals surface area (Å²) >= 11 is 0. The van der Waals surface area contributed by atoms with E-state index in [0.717, 1.165) is 11.4 Å². The highest BCUT2D eigenvalue weighted by Gasteiger charge is 2.17. The van der Waals surface area contributed by atoms with Crippen molar-refractivity contribution in [3.63, 3.8) is 0 Å². The van der Waals surface area contributed by atoms with Gasteiger partial charge in [0.25, 0.3) is 5.91 Å². The molecule has 1 N–H and O–H groups in total. The van der Waals surface area contributed by atoms with Crippen LogP contribution in [0.1, 0.15) is 23.0 Å². The third-order valence-electron chi connectivity index (χ3n) is 3.07. The second kappa shape index (κ2) is 6.69. The Morgan fingerprint density at radius 3 is 2.62 bits per heavy atom. The molecule has 0 saturated carbocycles. The number of carbonyl (C=O) groups is 2. The van der Waals surface area contributed by atoms with Crippen molar-refractivity contribution < 1.29 is 14.3 Å². The Kier molecular flexibility index (Phi) is 4.71. The van der Waals surface area contributed by atoms with Gasteiger partial charge in [-0.25, -0.2) is 4.68 Å². The van der Waals surface area contributed by atoms with Gasteiger partial charge in [0, 0.05) is 0 Å². The molecule has 1 heterocycles. The average Bonchev–Trinajstić information content (AvgIpc) is 2.97. The monoisotopic (exact) mass is 287 g/mol. The molecular formula is C15H17N3O3. The molecule has 110 valence electrons. The lowest BCUT2D eigenvalue weighted by molar-refractivity contribution is -0.139. The summed E-state index contributed by atoms with van der Waals surface area (Å²) in [6, 6.07) is 9.58. The number of hydrogen-bond donors (Lipinski definition) is 1. The molecule has 0 atom stereocenters. The number of hydrogen-bond acceptors (Lipinski definition) is 4. The van der Waals surface area contributed by atoms with Gasteiger partial charge in [-0.15, -0.1) is 0 Å². The Balaban J connectivity index is 2.24. The predicted octanol–water partition coefficient (Wildman–Crippen LogP) is 1.34. The molecule has 1 aromatic heterocycles. The maximum absolute atomic E-state index is 12.1. The molecule has 21 heavy (non-hydrogen) atoms. The Hall–Kier alpha value is -2.63. The van der Waals surface area contributed by atoms with Gasteiger partial charge in [-0.05, 0) is 18.6 Å². The van der Waals surface area contributed by atoms with Gasteiger partial charge in [-0.2, -0.15) is 5.10 Å². The fraction of sp³-hybridized carbons (Fsp3) is 0.267. The van der Waals surface area contributed by atoms with E-state index >= 15 is 0 Å². The van der Waals surface area contributed by atoms with Crippen LogP contribution in [0.4, 0.5) is 0 Å². The molecule has 0 aliphatic heterocycles. The topological polar surface area (TPSA) is 73.2 Å². The van der Waals surface area contributed by atoms with Crippen molar-refractivity contribution in [1.82, 2.24) is 15.1 Å². The number of aromatic nitrogens is 2. The normalized spacial score (nSPS) is 10.2. The van der Waals surface area contributed by atoms with Crippen molar-refractivity contribution in [1.29, 1.82) is 0 Å². The summed E-state index contributed by atoms with van der Waals surface area (Å²) in [4.78, 5) is 23.2. The van der Waals surface area contributed by atoms with E-state index in [9.17, 15) is 9.59 Å². The van der Waals surface area contributed by atoms with Gasteiger partial charge in [-0.1, -0.05) is 25.1 Å². The number of nitrogens with one attached hydrogen (secondary N) is 1. The zero-order valence-corrected chi connectivity index (χ0v) is 12.0. The van der Waals surface area contributed by atoms with E-state index in [4.69, 9.17) is 0 Å². The second-order valence-electron chi connectivity index (χ2n) is 4.36. The van der Waals surface area contributed by atoms with Crippen LogP contribution in [0.15, 0.2) is 36.5 Å². The van der Waals surface area contributed by atoms with Gasteiger partial charge < -0.3 is 10.1 Å². The number of amides is 1. The molecule has 1 amide bonds. The van der Waals surface area contributed by atoms with Crippen molar-refractivity contribution in [3.8, 4) is 5.69 Å². The molecule has 2 aromatic rings. The van der Waals surface area contributed by atoms with Crippen molar-refractivity contribution in [2.75, 3.05) is 13.7 Å². The standard InChI is InChI=1S/C15H17N3O3/c1-3-13-12(15(20)16-10-14(19)21-2)9-17-18(13)11-7-5-4-6-8-11/h4-9H,3,10H2,1-2H3,(H,16,20). The van der Waals surface area contributed by atoms with Gasteiger partial charge in [0.1, 0.15) is 6.54 Å². The fourth-order valence-electron chi connectivity index (χ4n) is 2.02. The minimum absolute atomic E-state index is 0.158. The first-order valence-corrected chi connectivity index (χ1v) is 6.64. The summed E-state index contributed by atoms with van der Waals surface area (Å²) in [5, 5.41) is 6.79. The first-order chi connectivity index (χ1) is 10.2. The number of ether oxygens (including phenoxy) is 1. The lowest BCUT2D eigenvalue weighted by atomic mass is 10.2. The Bertz CT molecular complexity index is 635. The number of benzene rings is 1. The van der Waals surface area contributed by atoms with Crippen LogP contribution in [0.25, 0.3) is 5.69 Å². The van der Waals surface area contributed by atoms with Gasteiger partial charge in [0.05, 0.1) is 30.3 Å². The van der Waals surface area contributed by atoms with E-state index in [0.29, 0.717) is 12.0 Å². The van der Waals surface area contributed by atoms with Crippen LogP contribution in [0.5, 0.6) is 0 Å². The van der Waals surface area contributed by atoms with Crippen molar-refractivity contribution >= 4 is 11.9 Å². The highest BCUT2D eigenvalue weighted by atomic mass is 16.5. The fourth-order valence-corrected chi connectivity index (χ4v) is 2.02. The number of methoxy groups -OCH3 is 1. The zero-order chi connectivity index (χ0) is 15.2. The Morgan fingerprint density at radius 1 is 1.29 bits per heavy atom. The van der Waals surface area contributed by atoms with Gasteiger partial charge >= 0.3 is 5.97 Å². The molecule has 0 aliphatic rings. The van der Waals surface area contributed by atoms with E-state index in [2.05, 4.69) is 15.2 Å². The van der Waals surface area contributed by atoms with Crippen LogP contribution in [0.3, 0.4) is 0 Å². The summed E-state index contributed by atoms with van der Waals surface area (Å²) in [5.74, 6) is -0.823. The largest absolute Gasteiger partial charge is 0.468 e. The number of para-hydroxylation sites is 1. The molecule has 0 radical (unpaired) electrons. The lowest BCUT2D eigenvalue weighted by Gasteiger charge is -2.08. The summed E-state index contributed by atoms with van der Waals surface area (Å²) in [6.45, 7) is 1.79. The lowest BCUT2D eigenvalue weighted by Crippen LogP contribution is -2.30. The van der Waals surface area contributed by atoms with Crippen molar-refractivity contribution in [2.45, 2.75) is 13.3 Å². The van der Waals surface area contributed by atoms with Gasteiger partial charge in [0.15, 0.2) is 0 Å². The van der Waals surface area contributed by atoms with Crippen LogP contribution in [-0.4, -0.2) is 35.3 Å². The van der Waals surface area contributed by atoms with Crippen LogP contribution in [0.2, 0.25) is 0 Å². The van der Waals surface area contributed by atoms with Crippen molar-refractivity contribution in [2.24, 2.45) is 0 Å². The van der Waals surface area contributed by atoms with Crippen LogP contribution < -0.4 is 5.32 Å². The highest BCUT2D eigenvalue weighted by molar-refractivity contribution is 5.96. The van der Waals surface area contributed by atoms with Gasteiger partial charge in [-0.3, -0.25) is 9.59 Å². The SMILES string of the molecule is CCc1c(C(=O)NCC(=O)OC)cnn1-c1ccccc1. The van der Waals surface area contributed by atoms with E-state index < -0.39 is 5.97 Å². The van der Waals surface area contributed by atoms with Crippen LogP contribution >= 0.6 is 0 Å². The summed E-state index contributed by atoms with van der Waals surface area (Å²) < 4.78 is 6.22. The minimum Gasteiger partial charge on any atom is -0.468 e. The average molecular weight is 287 g/mol. The summed E-state index contributed by atoms with van der Waals surface area (Å²) in [7, 11) is 1.28. The molecule has 6 nitrogen and oxygen atoms in total. The van der Waals surface area contributed by atoms with Crippen molar-refractivity contribution in [3.05, 3.63) is 47.8 Å². The van der Waals surface area contributed by atoms with E-state index in [1.54, 1.807) is 4.68 Å². The number of esters is 1. The summed E-state index contributed by atoms with van der Waals surface area (Å²) in [6.07, 6.45) is 2.16. The molecule has 2 rings (SSSR count). The maximum Gasteiger partial charge on any atom is 0.325 e. The third kappa shape index (κ3) is 3.28. The molecule has 0 spiro atoms. The molecule has 0 aliphatic carbocycles. The molecule has 6 heteroatoms. The predicted molar refractivity (Wildman–Crippen MR) is 77.3 cm³/mol. The number of carbonyl (C=O) groups excluding carboxylic acids is 2. The first kappa shape index (κ1) is 14.8. The highest BCUT2D eigenvalue weighted by Crippen LogP contribution is 2.15. The zero-order valence-electron chi connectivity index (χ0n) is 12.0. The van der Waals surface area contributed by atoms with E-state index in [-0.39, 0.29) is 12.5 Å². The number of nitrogens with zero attached hydrogens (tertiary/aromatic N) is 2. The molecule has 1 aromatic carbocycles. The quantitative estimate of drug-likeness (QED) is 0.842. The molecule has 0 fully saturated rings. The van der Waals surface area contributed by atoms with Crippen LogP contribution in [0, 0.1) is 0 Å². The third-order valence-corrected chi connectivity index (χ3v) is 3.07. The van der Waals surface area contributed by atoms with E-state index in [1.165, 1.54) is 13.3 Å². The molecule has 0 saturated heterocycles. The summed E-state index contributed by atoms with van der Waals surface area (Å²) in [5.41, 5.74) is 2.15. The second-order valence-corrected chi connectivity index (χ2v) is 4.36. The van der Waals surface area contributed by atoms with Gasteiger partial charge in [0.2, 0.25) is 0 Å². The maximum atomic E-state index is 12.1. The number of rotatable bonds is 5. The van der Waals surface area contributed by atoms with Crippen LogP contribution in [-0.2, 0) is 16.0 Å². The Labute approximate surface area is 122 Å².